The Morgan fingerprint density at radius 3 is 2.65 bits per heavy atom. The third-order valence-corrected chi connectivity index (χ3v) is 3.56. The van der Waals surface area contributed by atoms with Gasteiger partial charge in [-0.2, -0.15) is 0 Å². The molecule has 2 heteroatoms. The van der Waals surface area contributed by atoms with Crippen LogP contribution < -0.4 is 10.1 Å². The zero-order valence-electron chi connectivity index (χ0n) is 11.9. The second-order valence-electron chi connectivity index (χ2n) is 5.58. The number of hydrogen-bond donors (Lipinski definition) is 1. The fraction of sp³-hybridized carbons (Fsp3) is 0.333. The molecule has 2 aromatic rings. The van der Waals surface area contributed by atoms with Gasteiger partial charge in [-0.1, -0.05) is 36.4 Å². The fourth-order valence-corrected chi connectivity index (χ4v) is 2.25. The number of aryl methyl sites for hydroxylation is 1. The molecule has 104 valence electrons. The number of rotatable bonds is 6. The summed E-state index contributed by atoms with van der Waals surface area (Å²) in [7, 11) is 0. The number of hydrogen-bond acceptors (Lipinski definition) is 2. The van der Waals surface area contributed by atoms with Crippen molar-refractivity contribution in [3.8, 4) is 5.75 Å². The molecular weight excluding hydrogens is 246 g/mol. The van der Waals surface area contributed by atoms with Gasteiger partial charge in [-0.15, -0.1) is 0 Å². The van der Waals surface area contributed by atoms with E-state index < -0.39 is 0 Å². The minimum absolute atomic E-state index is 0.626. The fourth-order valence-electron chi connectivity index (χ4n) is 2.25. The molecule has 0 bridgehead atoms. The Kier molecular flexibility index (Phi) is 4.03. The lowest BCUT2D eigenvalue weighted by Gasteiger charge is -2.09. The summed E-state index contributed by atoms with van der Waals surface area (Å²) in [4.78, 5) is 0. The summed E-state index contributed by atoms with van der Waals surface area (Å²) in [6.45, 7) is 3.67. The summed E-state index contributed by atoms with van der Waals surface area (Å²) in [5, 5.41) is 3.54. The molecule has 0 aromatic heterocycles. The molecule has 0 saturated heterocycles. The molecule has 0 radical (unpaired) electrons. The Labute approximate surface area is 120 Å². The van der Waals surface area contributed by atoms with Crippen LogP contribution in [-0.2, 0) is 13.2 Å². The molecule has 1 saturated carbocycles. The third-order valence-electron chi connectivity index (χ3n) is 3.56. The van der Waals surface area contributed by atoms with E-state index in [9.17, 15) is 0 Å². The highest BCUT2D eigenvalue weighted by Gasteiger charge is 2.19. The van der Waals surface area contributed by atoms with Crippen LogP contribution in [-0.4, -0.2) is 6.04 Å². The quantitative estimate of drug-likeness (QED) is 0.859. The minimum atomic E-state index is 0.626. The third kappa shape index (κ3) is 3.84. The van der Waals surface area contributed by atoms with Crippen LogP contribution in [0.5, 0.6) is 5.75 Å². The standard InChI is InChI=1S/C18H21NO/c1-14-4-2-7-18(10-14)20-13-16-6-3-5-15(11-16)12-19-17-8-9-17/h2-7,10-11,17,19H,8-9,12-13H2,1H3. The monoisotopic (exact) mass is 267 g/mol. The second kappa shape index (κ2) is 6.10. The van der Waals surface area contributed by atoms with Crippen molar-refractivity contribution in [2.45, 2.75) is 39.0 Å². The van der Waals surface area contributed by atoms with Crippen LogP contribution in [0.15, 0.2) is 48.5 Å². The maximum Gasteiger partial charge on any atom is 0.120 e. The van der Waals surface area contributed by atoms with Crippen molar-refractivity contribution in [3.63, 3.8) is 0 Å². The van der Waals surface area contributed by atoms with E-state index in [1.807, 2.05) is 12.1 Å². The van der Waals surface area contributed by atoms with E-state index in [1.165, 1.54) is 29.5 Å². The lowest BCUT2D eigenvalue weighted by molar-refractivity contribution is 0.306. The molecule has 1 N–H and O–H groups in total. The van der Waals surface area contributed by atoms with E-state index in [4.69, 9.17) is 4.74 Å². The van der Waals surface area contributed by atoms with Crippen LogP contribution in [0, 0.1) is 6.92 Å². The number of ether oxygens (including phenoxy) is 1. The van der Waals surface area contributed by atoms with Crippen LogP contribution in [0.4, 0.5) is 0 Å². The van der Waals surface area contributed by atoms with E-state index in [0.717, 1.165) is 18.3 Å². The van der Waals surface area contributed by atoms with Gasteiger partial charge < -0.3 is 10.1 Å². The zero-order valence-corrected chi connectivity index (χ0v) is 11.9. The molecule has 0 atom stereocenters. The Bertz CT molecular complexity index is 575. The number of benzene rings is 2. The van der Waals surface area contributed by atoms with Crippen LogP contribution in [0.2, 0.25) is 0 Å². The van der Waals surface area contributed by atoms with E-state index in [-0.39, 0.29) is 0 Å². The minimum Gasteiger partial charge on any atom is -0.489 e. The molecule has 2 aromatic carbocycles. The van der Waals surface area contributed by atoms with Gasteiger partial charge in [-0.3, -0.25) is 0 Å². The molecule has 0 unspecified atom stereocenters. The lowest BCUT2D eigenvalue weighted by atomic mass is 10.1. The molecular formula is C18H21NO. The van der Waals surface area contributed by atoms with Gasteiger partial charge in [0.2, 0.25) is 0 Å². The average Bonchev–Trinajstić information content (AvgIpc) is 3.28. The van der Waals surface area contributed by atoms with Crippen molar-refractivity contribution in [1.29, 1.82) is 0 Å². The van der Waals surface area contributed by atoms with Gasteiger partial charge >= 0.3 is 0 Å². The first kappa shape index (κ1) is 13.2. The van der Waals surface area contributed by atoms with Crippen LogP contribution in [0.1, 0.15) is 29.5 Å². The van der Waals surface area contributed by atoms with Crippen LogP contribution in [0.25, 0.3) is 0 Å². The molecule has 2 nitrogen and oxygen atoms in total. The topological polar surface area (TPSA) is 21.3 Å². The van der Waals surface area contributed by atoms with E-state index in [0.29, 0.717) is 6.61 Å². The van der Waals surface area contributed by atoms with Gasteiger partial charge in [-0.25, -0.2) is 0 Å². The SMILES string of the molecule is Cc1cccc(OCc2cccc(CNC3CC3)c2)c1. The first-order valence-corrected chi connectivity index (χ1v) is 7.30. The second-order valence-corrected chi connectivity index (χ2v) is 5.58. The van der Waals surface area contributed by atoms with Gasteiger partial charge in [0.05, 0.1) is 0 Å². The first-order valence-electron chi connectivity index (χ1n) is 7.30. The molecule has 0 spiro atoms. The van der Waals surface area contributed by atoms with Crippen molar-refractivity contribution in [3.05, 3.63) is 65.2 Å². The number of nitrogens with one attached hydrogen (secondary N) is 1. The summed E-state index contributed by atoms with van der Waals surface area (Å²) in [6, 6.07) is 17.6. The molecule has 1 fully saturated rings. The normalized spacial score (nSPS) is 14.2. The predicted molar refractivity (Wildman–Crippen MR) is 81.8 cm³/mol. The summed E-state index contributed by atoms with van der Waals surface area (Å²) in [5.41, 5.74) is 3.79. The van der Waals surface area contributed by atoms with E-state index >= 15 is 0 Å². The first-order chi connectivity index (χ1) is 9.79. The molecule has 0 heterocycles. The van der Waals surface area contributed by atoms with Gasteiger partial charge in [0.15, 0.2) is 0 Å². The van der Waals surface area contributed by atoms with Crippen molar-refractivity contribution in [2.75, 3.05) is 0 Å². The van der Waals surface area contributed by atoms with Gasteiger partial charge in [0.1, 0.15) is 12.4 Å². The average molecular weight is 267 g/mol. The Morgan fingerprint density at radius 2 is 1.85 bits per heavy atom. The Hall–Kier alpha value is -1.80. The summed E-state index contributed by atoms with van der Waals surface area (Å²) < 4.78 is 5.85. The molecule has 1 aliphatic carbocycles. The highest BCUT2D eigenvalue weighted by Crippen LogP contribution is 2.20. The van der Waals surface area contributed by atoms with Gasteiger partial charge in [-0.05, 0) is 48.6 Å². The Morgan fingerprint density at radius 1 is 1.05 bits per heavy atom. The summed E-state index contributed by atoms with van der Waals surface area (Å²) >= 11 is 0. The van der Waals surface area contributed by atoms with Crippen molar-refractivity contribution in [2.24, 2.45) is 0 Å². The van der Waals surface area contributed by atoms with Crippen LogP contribution >= 0.6 is 0 Å². The highest BCUT2D eigenvalue weighted by atomic mass is 16.5. The lowest BCUT2D eigenvalue weighted by Crippen LogP contribution is -2.15. The predicted octanol–water partition coefficient (Wildman–Crippen LogP) is 3.83. The molecule has 20 heavy (non-hydrogen) atoms. The summed E-state index contributed by atoms with van der Waals surface area (Å²) in [5.74, 6) is 0.937. The van der Waals surface area contributed by atoms with E-state index in [2.05, 4.69) is 48.6 Å². The molecule has 0 aliphatic heterocycles. The molecule has 0 amide bonds. The molecule has 3 rings (SSSR count). The largest absolute Gasteiger partial charge is 0.489 e. The maximum absolute atomic E-state index is 5.85. The zero-order chi connectivity index (χ0) is 13.8. The Balaban J connectivity index is 1.57. The van der Waals surface area contributed by atoms with Crippen molar-refractivity contribution >= 4 is 0 Å². The maximum atomic E-state index is 5.85. The van der Waals surface area contributed by atoms with Gasteiger partial charge in [0.25, 0.3) is 0 Å². The van der Waals surface area contributed by atoms with E-state index in [1.54, 1.807) is 0 Å². The van der Waals surface area contributed by atoms with Crippen LogP contribution in [0.3, 0.4) is 0 Å². The highest BCUT2D eigenvalue weighted by molar-refractivity contribution is 5.28. The smallest absolute Gasteiger partial charge is 0.120 e. The molecule has 1 aliphatic rings. The van der Waals surface area contributed by atoms with Crippen molar-refractivity contribution < 1.29 is 4.74 Å². The van der Waals surface area contributed by atoms with Crippen molar-refractivity contribution in [1.82, 2.24) is 5.32 Å². The van der Waals surface area contributed by atoms with Gasteiger partial charge in [0, 0.05) is 12.6 Å². The summed E-state index contributed by atoms with van der Waals surface area (Å²) in [6.07, 6.45) is 2.66.